The number of hydrogen-bond donors (Lipinski definition) is 0. The molecule has 0 aliphatic carbocycles. The second-order valence-electron chi connectivity index (χ2n) is 30.7. The normalized spacial score (nSPS) is 10.8. The first-order chi connectivity index (χ1) is 53.2. The second kappa shape index (κ2) is 128. The molecule has 0 amide bonds. The summed E-state index contributed by atoms with van der Waals surface area (Å²) in [6, 6.07) is 0. The Labute approximate surface area is 769 Å². The maximum Gasteiger partial charge on any atom is 2.00 e. The fourth-order valence-electron chi connectivity index (χ4n) is 13.1. The maximum absolute atomic E-state index is 11.3. The van der Waals surface area contributed by atoms with Gasteiger partial charge < -0.3 is 69.5 Å². The van der Waals surface area contributed by atoms with E-state index in [-0.39, 0.29) is 100 Å². The van der Waals surface area contributed by atoms with Crippen LogP contribution in [0.25, 0.3) is 0 Å². The van der Waals surface area contributed by atoms with Crippen LogP contribution in [0.4, 0.5) is 0 Å². The molecule has 0 saturated heterocycles. The summed E-state index contributed by atoms with van der Waals surface area (Å²) >= 11 is 19.0. The van der Waals surface area contributed by atoms with E-state index < -0.39 is 0 Å². The Bertz CT molecular complexity index is 1590. The van der Waals surface area contributed by atoms with Gasteiger partial charge in [-0.25, -0.2) is 0 Å². The van der Waals surface area contributed by atoms with Crippen molar-refractivity contribution in [3.8, 4) is 0 Å². The van der Waals surface area contributed by atoms with Gasteiger partial charge >= 0.3 is 71.7 Å². The van der Waals surface area contributed by atoms with Crippen LogP contribution < -0.4 is 0 Å². The number of hydrogen-bond acceptors (Lipinski definition) is 12. The standard InChI is InChI=1S/4C24H46O2S.2CH4.H2S.2Sn/c4*1-2-3-4-5-6-7-8-9-10-11-12-13-14-15-16-17-18-19-20-21-24(25)26-22-23-27;;;;;/h4*16-17,27H,2-15,18-23H2,1H3;2*1H4;1H2;;/q;;;;;;;2*+2/p-4/b4*17-16+;;;;;. The summed E-state index contributed by atoms with van der Waals surface area (Å²) < 4.78 is 19.9. The Morgan fingerprint density at radius 3 is 0.416 bits per heavy atom. The molecule has 0 atom stereocenters. The molecule has 0 unspecified atom stereocenters. The van der Waals surface area contributed by atoms with E-state index >= 15 is 0 Å². The van der Waals surface area contributed by atoms with Gasteiger partial charge in [0, 0.05) is 25.7 Å². The zero-order chi connectivity index (χ0) is 79.4. The maximum atomic E-state index is 11.3. The predicted octanol–water partition coefficient (Wildman–Crippen LogP) is 31.3. The molecule has 15 heteroatoms. The number of carbonyl (C=O) groups is 4. The first-order valence-corrected chi connectivity index (χ1v) is 49.1. The molecule has 0 bridgehead atoms. The SMILES string of the molecule is C.C.CCCCCCCCCCCCCCC/C=C/CCCCC(=O)OCC[S-].CCCCCCCCCCCCCCC/C=C/CCCCC(=O)OCC[S-].CCCCCCCCCCCCCCC/C=C/CCCCC(=O)OCC[S-].CCCCCCCCCCCCCCC/C=C/CCCCC(=O)OCC[S-].S.[Sn+2].[Sn+2]. The Kier molecular flexibility index (Phi) is 148. The van der Waals surface area contributed by atoms with E-state index in [0.717, 1.165) is 77.0 Å². The third-order valence-electron chi connectivity index (χ3n) is 20.0. The van der Waals surface area contributed by atoms with Crippen LogP contribution in [-0.4, -0.2) is 121 Å². The third-order valence-corrected chi connectivity index (χ3v) is 20.6. The number of ether oxygens (including phenoxy) is 4. The Morgan fingerprint density at radius 1 is 0.195 bits per heavy atom. The van der Waals surface area contributed by atoms with Crippen LogP contribution in [0.1, 0.15) is 505 Å². The van der Waals surface area contributed by atoms with Gasteiger partial charge in [0.1, 0.15) is 0 Å². The summed E-state index contributed by atoms with van der Waals surface area (Å²) in [6.07, 6.45) is 111. The van der Waals surface area contributed by atoms with Crippen molar-refractivity contribution in [2.45, 2.75) is 505 Å². The average molecular weight is 1890 g/mol. The van der Waals surface area contributed by atoms with Crippen LogP contribution in [0.2, 0.25) is 0 Å². The minimum Gasteiger partial charge on any atom is -0.789 e. The molecule has 0 aromatic rings. The molecule has 0 aromatic heterocycles. The number of esters is 4. The summed E-state index contributed by atoms with van der Waals surface area (Å²) in [6.45, 7) is 10.7. The molecule has 0 aromatic carbocycles. The van der Waals surface area contributed by atoms with E-state index in [1.54, 1.807) is 0 Å². The second-order valence-corrected chi connectivity index (χ2v) is 32.3. The largest absolute Gasteiger partial charge is 2.00 e. The number of unbranched alkanes of at least 4 members (excludes halogenated alkanes) is 60. The molecular formula is C98H190O8S5Sn2. The van der Waals surface area contributed by atoms with Crippen LogP contribution in [0, 0.1) is 0 Å². The third kappa shape index (κ3) is 136. The predicted molar refractivity (Wildman–Crippen MR) is 520 cm³/mol. The molecule has 0 rings (SSSR count). The van der Waals surface area contributed by atoms with Crippen molar-refractivity contribution in [3.05, 3.63) is 48.6 Å². The molecule has 113 heavy (non-hydrogen) atoms. The van der Waals surface area contributed by atoms with Crippen LogP contribution in [0.5, 0.6) is 0 Å². The van der Waals surface area contributed by atoms with E-state index in [9.17, 15) is 19.2 Å². The van der Waals surface area contributed by atoms with Gasteiger partial charge in [-0.15, -0.1) is 23.0 Å². The Hall–Kier alpha value is 0.187. The summed E-state index contributed by atoms with van der Waals surface area (Å²) in [5.74, 6) is 1.57. The molecule has 0 saturated carbocycles. The van der Waals surface area contributed by atoms with Crippen LogP contribution >= 0.6 is 13.5 Å². The van der Waals surface area contributed by atoms with E-state index in [0.29, 0.717) is 75.1 Å². The van der Waals surface area contributed by atoms with Crippen molar-refractivity contribution in [2.75, 3.05) is 49.4 Å². The van der Waals surface area contributed by atoms with Gasteiger partial charge in [0.05, 0.1) is 26.4 Å². The van der Waals surface area contributed by atoms with Gasteiger partial charge in [-0.3, -0.25) is 19.2 Å². The Morgan fingerprint density at radius 2 is 0.301 bits per heavy atom. The molecular weight excluding hydrogens is 1700 g/mol. The van der Waals surface area contributed by atoms with E-state index in [4.69, 9.17) is 69.5 Å². The molecule has 0 N–H and O–H groups in total. The minimum atomic E-state index is -0.101. The number of rotatable bonds is 84. The van der Waals surface area contributed by atoms with E-state index in [1.807, 2.05) is 0 Å². The van der Waals surface area contributed by atoms with Crippen molar-refractivity contribution in [2.24, 2.45) is 0 Å². The molecule has 0 heterocycles. The van der Waals surface area contributed by atoms with Crippen molar-refractivity contribution >= 4 is 136 Å². The topological polar surface area (TPSA) is 105 Å². The molecule has 0 aliphatic rings. The fourth-order valence-corrected chi connectivity index (χ4v) is 13.4. The van der Waals surface area contributed by atoms with Gasteiger partial charge in [-0.1, -0.05) is 399 Å². The van der Waals surface area contributed by atoms with Gasteiger partial charge in [0.2, 0.25) is 0 Å². The van der Waals surface area contributed by atoms with Crippen molar-refractivity contribution in [1.82, 2.24) is 0 Å². The molecule has 0 fully saturated rings. The summed E-state index contributed by atoms with van der Waals surface area (Å²) in [4.78, 5) is 45.2. The molecule has 0 aliphatic heterocycles. The monoisotopic (exact) mass is 1900 g/mol. The van der Waals surface area contributed by atoms with Crippen LogP contribution in [0.3, 0.4) is 0 Å². The molecule has 8 nitrogen and oxygen atoms in total. The van der Waals surface area contributed by atoms with E-state index in [2.05, 4.69) is 76.3 Å². The van der Waals surface area contributed by atoms with Gasteiger partial charge in [-0.2, -0.15) is 13.5 Å². The number of allylic oxidation sites excluding steroid dienone is 8. The van der Waals surface area contributed by atoms with Gasteiger partial charge in [0.15, 0.2) is 0 Å². The zero-order valence-corrected chi connectivity index (χ0v) is 83.6. The Balaban J connectivity index is -0.000000180. The first-order valence-electron chi connectivity index (χ1n) is 46.8. The van der Waals surface area contributed by atoms with Crippen LogP contribution in [0.15, 0.2) is 48.6 Å². The van der Waals surface area contributed by atoms with Crippen molar-refractivity contribution < 1.29 is 38.1 Å². The van der Waals surface area contributed by atoms with Crippen LogP contribution in [-0.2, 0) is 88.6 Å². The first kappa shape index (κ1) is 131. The smallest absolute Gasteiger partial charge is 0.789 e. The molecule has 4 radical (unpaired) electrons. The quantitative estimate of drug-likeness (QED) is 0.0145. The number of carbonyl (C=O) groups excluding carboxylic acids is 4. The summed E-state index contributed by atoms with van der Waals surface area (Å²) in [5.41, 5.74) is 0. The fraction of sp³-hybridized carbons (Fsp3) is 0.878. The summed E-state index contributed by atoms with van der Waals surface area (Å²) in [5, 5.41) is 0. The van der Waals surface area contributed by atoms with E-state index in [1.165, 1.54) is 360 Å². The van der Waals surface area contributed by atoms with Crippen molar-refractivity contribution in [3.63, 3.8) is 0 Å². The molecule has 0 spiro atoms. The zero-order valence-electron chi connectivity index (χ0n) is 73.6. The van der Waals surface area contributed by atoms with Crippen molar-refractivity contribution in [1.29, 1.82) is 0 Å². The average Bonchev–Trinajstić information content (AvgIpc) is 1.34. The minimum absolute atomic E-state index is 0. The van der Waals surface area contributed by atoms with Gasteiger partial charge in [0.25, 0.3) is 0 Å². The van der Waals surface area contributed by atoms with Gasteiger partial charge in [-0.05, 0) is 128 Å². The molecule has 668 valence electrons. The summed E-state index contributed by atoms with van der Waals surface area (Å²) in [7, 11) is 0.